The van der Waals surface area contributed by atoms with Crippen LogP contribution < -0.4 is 16.2 Å². The molecule has 0 bridgehead atoms. The number of carbonyl (C=O) groups excluding carboxylic acids is 2. The molecule has 270 valence electrons. The highest BCUT2D eigenvalue weighted by molar-refractivity contribution is 6.00. The molecule has 1 saturated carbocycles. The van der Waals surface area contributed by atoms with Gasteiger partial charge in [0.25, 0.3) is 11.5 Å². The number of quaternary nitrogens is 1. The Morgan fingerprint density at radius 1 is 0.942 bits per heavy atom. The topological polar surface area (TPSA) is 127 Å². The molecule has 2 heterocycles. The van der Waals surface area contributed by atoms with Crippen molar-refractivity contribution in [3.05, 3.63) is 124 Å². The number of nitriles is 1. The van der Waals surface area contributed by atoms with Crippen molar-refractivity contribution in [3.63, 3.8) is 0 Å². The lowest BCUT2D eigenvalue weighted by Gasteiger charge is -2.35. The van der Waals surface area contributed by atoms with E-state index in [-0.39, 0.29) is 34.8 Å². The first-order valence-electron chi connectivity index (χ1n) is 16.6. The Morgan fingerprint density at radius 2 is 1.58 bits per heavy atom. The molecule has 2 aromatic heterocycles. The van der Waals surface area contributed by atoms with E-state index in [1.165, 1.54) is 34.7 Å². The second-order valence-electron chi connectivity index (χ2n) is 13.5. The Hall–Kier alpha value is -5.94. The van der Waals surface area contributed by atoms with Crippen LogP contribution in [0, 0.1) is 17.2 Å². The van der Waals surface area contributed by atoms with E-state index in [1.807, 2.05) is 63.6 Å². The molecule has 1 fully saturated rings. The summed E-state index contributed by atoms with van der Waals surface area (Å²) in [6.45, 7) is 1.28. The van der Waals surface area contributed by atoms with Crippen molar-refractivity contribution < 1.29 is 27.2 Å². The van der Waals surface area contributed by atoms with Crippen molar-refractivity contribution in [1.82, 2.24) is 29.8 Å². The number of aromatic nitrogens is 4. The minimum atomic E-state index is -4.65. The van der Waals surface area contributed by atoms with Crippen LogP contribution in [0.4, 0.5) is 13.2 Å². The molecule has 0 aliphatic heterocycles. The Balaban J connectivity index is 0.000000790. The van der Waals surface area contributed by atoms with Crippen molar-refractivity contribution in [2.24, 2.45) is 13.0 Å². The van der Waals surface area contributed by atoms with Crippen LogP contribution in [0.25, 0.3) is 22.8 Å². The van der Waals surface area contributed by atoms with E-state index < -0.39 is 23.2 Å². The van der Waals surface area contributed by atoms with Crippen molar-refractivity contribution in [2.45, 2.75) is 25.1 Å². The van der Waals surface area contributed by atoms with E-state index in [9.17, 15) is 32.8 Å². The molecule has 52 heavy (non-hydrogen) atoms. The monoisotopic (exact) mass is 713 g/mol. The van der Waals surface area contributed by atoms with E-state index >= 15 is 0 Å². The summed E-state index contributed by atoms with van der Waals surface area (Å²) in [6, 6.07) is 26.0. The molecular formula is C38H40F3N8O3+. The van der Waals surface area contributed by atoms with Crippen LogP contribution in [0.3, 0.4) is 0 Å². The average molecular weight is 714 g/mol. The molecule has 1 aliphatic rings. The predicted molar refractivity (Wildman–Crippen MR) is 190 cm³/mol. The first-order valence-corrected chi connectivity index (χ1v) is 16.6. The van der Waals surface area contributed by atoms with Gasteiger partial charge in [-0.2, -0.15) is 23.5 Å². The van der Waals surface area contributed by atoms with Crippen LogP contribution in [0.15, 0.2) is 102 Å². The summed E-state index contributed by atoms with van der Waals surface area (Å²) in [6.07, 6.45) is -2.42. The summed E-state index contributed by atoms with van der Waals surface area (Å²) in [5.41, 5.74) is -0.750. The molecule has 2 N–H and O–H groups in total. The number of benzene rings is 3. The van der Waals surface area contributed by atoms with Crippen LogP contribution in [0.1, 0.15) is 34.3 Å². The molecule has 6 rings (SSSR count). The molecule has 0 unspecified atom stereocenters. The van der Waals surface area contributed by atoms with E-state index in [2.05, 4.69) is 15.7 Å². The average Bonchev–Trinajstić information content (AvgIpc) is 3.67. The number of rotatable bonds is 9. The molecular weight excluding hydrogens is 673 g/mol. The maximum absolute atomic E-state index is 14.0. The van der Waals surface area contributed by atoms with Gasteiger partial charge < -0.3 is 15.1 Å². The smallest absolute Gasteiger partial charge is 0.350 e. The van der Waals surface area contributed by atoms with Gasteiger partial charge in [0.2, 0.25) is 5.91 Å². The van der Waals surface area contributed by atoms with Crippen molar-refractivity contribution in [2.75, 3.05) is 34.2 Å². The highest BCUT2D eigenvalue weighted by atomic mass is 19.4. The quantitative estimate of drug-likeness (QED) is 0.210. The zero-order valence-electron chi connectivity index (χ0n) is 29.3. The van der Waals surface area contributed by atoms with E-state index in [0.29, 0.717) is 40.8 Å². The van der Waals surface area contributed by atoms with Gasteiger partial charge in [-0.15, -0.1) is 0 Å². The SMILES string of the molecule is Cn1c(-c2ccnn2-c2ccc(C#N)cc2)c(C(=O)N[C@H]2C[C@H](C(=O)NCC[N+](C)(C)C)C2)c(=O)n1-c1cccc(C(F)(F)F)c1.c1ccccc1. The summed E-state index contributed by atoms with van der Waals surface area (Å²) in [7, 11) is 7.55. The van der Waals surface area contributed by atoms with Crippen LogP contribution >= 0.6 is 0 Å². The first kappa shape index (κ1) is 37.3. The molecule has 11 nitrogen and oxygen atoms in total. The first-order chi connectivity index (χ1) is 24.7. The molecule has 0 spiro atoms. The van der Waals surface area contributed by atoms with E-state index in [4.69, 9.17) is 0 Å². The van der Waals surface area contributed by atoms with E-state index in [1.54, 1.807) is 30.3 Å². The lowest BCUT2D eigenvalue weighted by atomic mass is 9.79. The molecule has 14 heteroatoms. The van der Waals surface area contributed by atoms with Gasteiger partial charge in [-0.05, 0) is 61.4 Å². The van der Waals surface area contributed by atoms with Gasteiger partial charge in [0.05, 0.1) is 74.7 Å². The van der Waals surface area contributed by atoms with Gasteiger partial charge in [-0.3, -0.25) is 19.1 Å². The summed E-state index contributed by atoms with van der Waals surface area (Å²) >= 11 is 0. The third kappa shape index (κ3) is 8.67. The molecule has 2 amide bonds. The predicted octanol–water partition coefficient (Wildman–Crippen LogP) is 4.94. The number of amides is 2. The second-order valence-corrected chi connectivity index (χ2v) is 13.5. The highest BCUT2D eigenvalue weighted by Crippen LogP contribution is 2.32. The van der Waals surface area contributed by atoms with Gasteiger partial charge in [0.15, 0.2) is 0 Å². The lowest BCUT2D eigenvalue weighted by Crippen LogP contribution is -2.51. The second kappa shape index (κ2) is 15.5. The molecule has 1 aliphatic carbocycles. The van der Waals surface area contributed by atoms with Gasteiger partial charge in [-0.1, -0.05) is 42.5 Å². The number of alkyl halides is 3. The number of likely N-dealkylation sites (N-methyl/N-ethyl adjacent to an activating group) is 1. The minimum absolute atomic E-state index is 0.0821. The third-order valence-electron chi connectivity index (χ3n) is 8.63. The molecule has 0 atom stereocenters. The van der Waals surface area contributed by atoms with E-state index in [0.717, 1.165) is 23.4 Å². The fourth-order valence-corrected chi connectivity index (χ4v) is 5.82. The summed E-state index contributed by atoms with van der Waals surface area (Å²) in [5.74, 6) is -1.10. The zero-order chi connectivity index (χ0) is 37.6. The number of carbonyl (C=O) groups is 2. The van der Waals surface area contributed by atoms with Crippen LogP contribution in [-0.2, 0) is 18.0 Å². The van der Waals surface area contributed by atoms with Crippen LogP contribution in [0.5, 0.6) is 0 Å². The number of halogens is 3. The maximum atomic E-state index is 14.0. The standard InChI is InChI=1S/C32H33F3N8O3.C6H6/c1-40-28(26-12-13-38-41(26)24-10-8-20(19-36)9-11-24)27(31(46)42(40)25-7-5-6-22(18-25)32(33,34)35)30(45)39-23-16-21(17-23)29(44)37-14-15-43(2,3)4;1-2-4-6-5-3-1/h5-13,18,21,23H,14-17H2,1-4H3,(H-,37,39,44,45);1-6H/p+1/t21-,23-;. The molecule has 0 saturated heterocycles. The Labute approximate surface area is 299 Å². The zero-order valence-corrected chi connectivity index (χ0v) is 29.3. The Morgan fingerprint density at radius 3 is 2.15 bits per heavy atom. The van der Waals surface area contributed by atoms with Gasteiger partial charge in [0.1, 0.15) is 11.3 Å². The van der Waals surface area contributed by atoms with Crippen LogP contribution in [-0.4, -0.2) is 75.7 Å². The lowest BCUT2D eigenvalue weighted by molar-refractivity contribution is -0.869. The minimum Gasteiger partial charge on any atom is -0.350 e. The van der Waals surface area contributed by atoms with Crippen molar-refractivity contribution in [3.8, 4) is 28.8 Å². The molecule has 0 radical (unpaired) electrons. The van der Waals surface area contributed by atoms with Gasteiger partial charge >= 0.3 is 6.18 Å². The summed E-state index contributed by atoms with van der Waals surface area (Å²) < 4.78 is 45.3. The summed E-state index contributed by atoms with van der Waals surface area (Å²) in [4.78, 5) is 40.4. The fraction of sp³-hybridized carbons (Fsp3) is 0.289. The van der Waals surface area contributed by atoms with Crippen molar-refractivity contribution >= 4 is 11.8 Å². The van der Waals surface area contributed by atoms with Crippen molar-refractivity contribution in [1.29, 1.82) is 5.26 Å². The molecule has 3 aromatic carbocycles. The van der Waals surface area contributed by atoms with Gasteiger partial charge in [0, 0.05) is 19.0 Å². The Bertz CT molecular complexity index is 2090. The number of nitrogens with zero attached hydrogens (tertiary/aromatic N) is 6. The third-order valence-corrected chi connectivity index (χ3v) is 8.63. The fourth-order valence-electron chi connectivity index (χ4n) is 5.82. The van der Waals surface area contributed by atoms with Crippen LogP contribution in [0.2, 0.25) is 0 Å². The Kier molecular flexibility index (Phi) is 11.1. The normalized spacial score (nSPS) is 15.4. The molecule has 5 aromatic rings. The largest absolute Gasteiger partial charge is 0.416 e. The number of nitrogens with one attached hydrogen (secondary N) is 2. The maximum Gasteiger partial charge on any atom is 0.416 e. The number of hydrogen-bond acceptors (Lipinski definition) is 5. The van der Waals surface area contributed by atoms with Gasteiger partial charge in [-0.25, -0.2) is 9.36 Å². The number of hydrogen-bond donors (Lipinski definition) is 2. The highest BCUT2D eigenvalue weighted by Gasteiger charge is 2.38. The summed E-state index contributed by atoms with van der Waals surface area (Å²) in [5, 5.41) is 19.3.